The number of hydroxylamine groups is 2. The van der Waals surface area contributed by atoms with Gasteiger partial charge in [0, 0.05) is 26.0 Å². The van der Waals surface area contributed by atoms with E-state index < -0.39 is 34.3 Å². The van der Waals surface area contributed by atoms with Crippen molar-refractivity contribution < 1.29 is 34.0 Å². The highest BCUT2D eigenvalue weighted by atomic mass is 16.5. The summed E-state index contributed by atoms with van der Waals surface area (Å²) in [6.45, 7) is 0.357. The van der Waals surface area contributed by atoms with Crippen LogP contribution in [0, 0.1) is 11.8 Å². The normalized spacial score (nSPS) is 24.6. The molecule has 10 nitrogen and oxygen atoms in total. The van der Waals surface area contributed by atoms with Crippen molar-refractivity contribution in [1.29, 1.82) is 0 Å². The summed E-state index contributed by atoms with van der Waals surface area (Å²) in [5.74, 6) is -1.64. The molecule has 1 saturated heterocycles. The number of likely N-dealkylation sites (tertiary alicyclic amines) is 1. The number of amides is 5. The molecule has 0 aromatic carbocycles. The summed E-state index contributed by atoms with van der Waals surface area (Å²) in [6.07, 6.45) is 7.61. The summed E-state index contributed by atoms with van der Waals surface area (Å²) in [5.41, 5.74) is 5.60. The lowest BCUT2D eigenvalue weighted by molar-refractivity contribution is -0.779. The van der Waals surface area contributed by atoms with Gasteiger partial charge in [0.2, 0.25) is 6.41 Å². The smallest absolute Gasteiger partial charge is 0.396 e. The fourth-order valence-corrected chi connectivity index (χ4v) is 5.12. The predicted molar refractivity (Wildman–Crippen MR) is 111 cm³/mol. The van der Waals surface area contributed by atoms with Crippen LogP contribution in [0.25, 0.3) is 0 Å². The van der Waals surface area contributed by atoms with Gasteiger partial charge < -0.3 is 16.2 Å². The summed E-state index contributed by atoms with van der Waals surface area (Å²) >= 11 is 0. The van der Waals surface area contributed by atoms with Crippen molar-refractivity contribution in [1.82, 2.24) is 10.4 Å². The Morgan fingerprint density at radius 2 is 1.84 bits per heavy atom. The van der Waals surface area contributed by atoms with Crippen molar-refractivity contribution in [3.05, 3.63) is 0 Å². The Labute approximate surface area is 183 Å². The summed E-state index contributed by atoms with van der Waals surface area (Å²) in [5, 5.41) is 21.9. The zero-order chi connectivity index (χ0) is 22.9. The molecule has 31 heavy (non-hydrogen) atoms. The van der Waals surface area contributed by atoms with E-state index in [4.69, 9.17) is 10.8 Å². The van der Waals surface area contributed by atoms with E-state index in [9.17, 15) is 24.4 Å². The second-order valence-electron chi connectivity index (χ2n) is 8.82. The van der Waals surface area contributed by atoms with Crippen LogP contribution in [0.4, 0.5) is 4.79 Å². The summed E-state index contributed by atoms with van der Waals surface area (Å²) < 4.78 is -0.695. The van der Waals surface area contributed by atoms with Crippen LogP contribution in [0.3, 0.4) is 0 Å². The zero-order valence-electron chi connectivity index (χ0n) is 18.2. The molecule has 10 heteroatoms. The Hall–Kier alpha value is -2.04. The number of nitrogens with one attached hydrogen (secondary N) is 1. The molecule has 0 spiro atoms. The summed E-state index contributed by atoms with van der Waals surface area (Å²) in [6, 6.07) is -1.51. The molecular weight excluding hydrogens is 404 g/mol. The van der Waals surface area contributed by atoms with Gasteiger partial charge in [0.25, 0.3) is 5.91 Å². The molecule has 5 N–H and O–H groups in total. The number of aliphatic hydroxyl groups excluding tert-OH is 1. The average molecular weight is 442 g/mol. The highest BCUT2D eigenvalue weighted by Crippen LogP contribution is 2.36. The number of primary amides is 1. The molecule has 1 aliphatic carbocycles. The minimum atomic E-state index is -0.959. The van der Waals surface area contributed by atoms with Crippen LogP contribution in [0.5, 0.6) is 0 Å². The average Bonchev–Trinajstić information content (AvgIpc) is 3.42. The number of unbranched alkanes of at least 4 members (excludes halogenated alkanes) is 2. The number of nitrogens with zero attached hydrogens (tertiary/aromatic N) is 2. The quantitative estimate of drug-likeness (QED) is 0.116. The first-order chi connectivity index (χ1) is 14.9. The molecule has 0 bridgehead atoms. The maximum Gasteiger partial charge on any atom is 0.424 e. The van der Waals surface area contributed by atoms with Gasteiger partial charge >= 0.3 is 11.9 Å². The maximum atomic E-state index is 13.8. The first-order valence-electron chi connectivity index (χ1n) is 11.4. The number of imide groups is 1. The molecule has 2 rings (SSSR count). The Balaban J connectivity index is 2.26. The summed E-state index contributed by atoms with van der Waals surface area (Å²) in [4.78, 5) is 50.3. The van der Waals surface area contributed by atoms with Crippen molar-refractivity contribution in [2.75, 3.05) is 26.2 Å². The van der Waals surface area contributed by atoms with Gasteiger partial charge in [-0.3, -0.25) is 14.8 Å². The highest BCUT2D eigenvalue weighted by Gasteiger charge is 2.58. The van der Waals surface area contributed by atoms with Crippen molar-refractivity contribution in [2.45, 2.75) is 70.3 Å². The van der Waals surface area contributed by atoms with Gasteiger partial charge in [-0.2, -0.15) is 4.48 Å². The van der Waals surface area contributed by atoms with Crippen LogP contribution in [0.2, 0.25) is 0 Å². The molecule has 176 valence electrons. The standard InChI is InChI=1S/C21H36N4O6/c22-19(28)18-9-6-11-25(18,21(30)23-10-4-1-5-12-26)20(29)17(14-24(31)15-27)13-16-7-2-3-8-16/h15-18,26,31H,1-14H2,(H2-,22,23,28,30)/p+1/t17-,18+,25?/m1/s1. The lowest BCUT2D eigenvalue weighted by Crippen LogP contribution is -2.68. The van der Waals surface area contributed by atoms with Crippen LogP contribution in [-0.4, -0.2) is 76.4 Å². The number of urea groups is 1. The number of hydrogen-bond acceptors (Lipinski definition) is 6. The van der Waals surface area contributed by atoms with Crippen LogP contribution < -0.4 is 11.1 Å². The number of rotatable bonds is 12. The third kappa shape index (κ3) is 6.24. The van der Waals surface area contributed by atoms with Crippen LogP contribution in [0.1, 0.15) is 64.2 Å². The molecule has 1 aliphatic heterocycles. The molecule has 2 aliphatic rings. The molecule has 0 radical (unpaired) electrons. The molecule has 1 heterocycles. The fraction of sp³-hybridized carbons (Fsp3) is 0.810. The minimum absolute atomic E-state index is 0.0768. The van der Waals surface area contributed by atoms with Gasteiger partial charge in [-0.1, -0.05) is 25.7 Å². The zero-order valence-corrected chi connectivity index (χ0v) is 18.2. The number of carbonyl (C=O) groups excluding carboxylic acids is 4. The molecule has 5 amide bonds. The predicted octanol–water partition coefficient (Wildman–Crippen LogP) is 0.894. The first kappa shape index (κ1) is 25.2. The van der Waals surface area contributed by atoms with Crippen molar-refractivity contribution >= 4 is 24.3 Å². The van der Waals surface area contributed by atoms with E-state index >= 15 is 0 Å². The van der Waals surface area contributed by atoms with Gasteiger partial charge in [-0.15, -0.1) is 0 Å². The maximum absolute atomic E-state index is 13.8. The molecular formula is C21H37N4O6+. The van der Waals surface area contributed by atoms with Gasteiger partial charge in [0.15, 0.2) is 6.04 Å². The largest absolute Gasteiger partial charge is 0.424 e. The molecule has 0 aromatic rings. The number of nitrogens with two attached hydrogens (primary N) is 1. The van der Waals surface area contributed by atoms with E-state index in [1.165, 1.54) is 0 Å². The topological polar surface area (TPSA) is 150 Å². The second-order valence-corrected chi connectivity index (χ2v) is 8.82. The van der Waals surface area contributed by atoms with Crippen LogP contribution in [-0.2, 0) is 14.4 Å². The molecule has 1 saturated carbocycles. The number of quaternary nitrogens is 1. The number of carbonyl (C=O) groups is 4. The highest BCUT2D eigenvalue weighted by molar-refractivity contribution is 5.91. The third-order valence-corrected chi connectivity index (χ3v) is 6.69. The van der Waals surface area contributed by atoms with Crippen molar-refractivity contribution in [2.24, 2.45) is 17.6 Å². The molecule has 1 unspecified atom stereocenters. The SMILES string of the molecule is NC(=O)[C@@H]1CCC[N+]1(C(=O)NCCCCCO)C(=O)[C@H](CC1CCCC1)CN(O)C=O. The van der Waals surface area contributed by atoms with Crippen molar-refractivity contribution in [3.63, 3.8) is 0 Å². The third-order valence-electron chi connectivity index (χ3n) is 6.69. The van der Waals surface area contributed by atoms with Crippen LogP contribution >= 0.6 is 0 Å². The van der Waals surface area contributed by atoms with Crippen LogP contribution in [0.15, 0.2) is 0 Å². The first-order valence-corrected chi connectivity index (χ1v) is 11.4. The minimum Gasteiger partial charge on any atom is -0.396 e. The monoisotopic (exact) mass is 441 g/mol. The van der Waals surface area contributed by atoms with E-state index in [0.717, 1.165) is 32.1 Å². The Kier molecular flexibility index (Phi) is 9.86. The van der Waals surface area contributed by atoms with E-state index in [0.29, 0.717) is 43.7 Å². The van der Waals surface area contributed by atoms with Gasteiger partial charge in [-0.25, -0.2) is 14.7 Å². The molecule has 2 fully saturated rings. The lowest BCUT2D eigenvalue weighted by Gasteiger charge is -2.36. The van der Waals surface area contributed by atoms with E-state index in [1.807, 2.05) is 0 Å². The Morgan fingerprint density at radius 1 is 1.13 bits per heavy atom. The molecule has 0 aromatic heterocycles. The van der Waals surface area contributed by atoms with Gasteiger partial charge in [-0.05, 0) is 31.6 Å². The van der Waals surface area contributed by atoms with E-state index in [1.54, 1.807) is 0 Å². The number of aliphatic hydroxyl groups is 1. The van der Waals surface area contributed by atoms with Crippen molar-refractivity contribution in [3.8, 4) is 0 Å². The van der Waals surface area contributed by atoms with E-state index in [-0.39, 0.29) is 32.0 Å². The molecule has 3 atom stereocenters. The van der Waals surface area contributed by atoms with Gasteiger partial charge in [0.05, 0.1) is 19.0 Å². The summed E-state index contributed by atoms with van der Waals surface area (Å²) in [7, 11) is 0. The number of hydrogen-bond donors (Lipinski definition) is 4. The fourth-order valence-electron chi connectivity index (χ4n) is 5.12. The Morgan fingerprint density at radius 3 is 2.45 bits per heavy atom. The Bertz CT molecular complexity index is 639. The van der Waals surface area contributed by atoms with E-state index in [2.05, 4.69) is 5.32 Å². The van der Waals surface area contributed by atoms with Gasteiger partial charge in [0.1, 0.15) is 0 Å². The second kappa shape index (κ2) is 12.1. The lowest BCUT2D eigenvalue weighted by atomic mass is 9.90.